The van der Waals surface area contributed by atoms with Gasteiger partial charge in [0.25, 0.3) is 0 Å². The van der Waals surface area contributed by atoms with Gasteiger partial charge >= 0.3 is 0 Å². The third-order valence-corrected chi connectivity index (χ3v) is 3.49. The summed E-state index contributed by atoms with van der Waals surface area (Å²) >= 11 is 0. The normalized spacial score (nSPS) is 13.4. The van der Waals surface area contributed by atoms with Crippen LogP contribution in [-0.2, 0) is 11.8 Å². The maximum atomic E-state index is 9.34. The summed E-state index contributed by atoms with van der Waals surface area (Å²) in [5, 5.41) is 9.34. The first-order valence-corrected chi connectivity index (χ1v) is 6.70. The monoisotopic (exact) mass is 250 g/mol. The molecule has 0 radical (unpaired) electrons. The van der Waals surface area contributed by atoms with Gasteiger partial charge in [0.2, 0.25) is 0 Å². The van der Waals surface area contributed by atoms with Gasteiger partial charge in [-0.1, -0.05) is 46.2 Å². The van der Waals surface area contributed by atoms with Gasteiger partial charge in [0, 0.05) is 6.61 Å². The van der Waals surface area contributed by atoms with Crippen LogP contribution in [0.1, 0.15) is 45.2 Å². The molecule has 0 aliphatic carbocycles. The van der Waals surface area contributed by atoms with Crippen molar-refractivity contribution in [2.75, 3.05) is 13.7 Å². The summed E-state index contributed by atoms with van der Waals surface area (Å²) in [7, 11) is 1.70. The molecule has 1 unspecified atom stereocenters. The largest absolute Gasteiger partial charge is 0.496 e. The van der Waals surface area contributed by atoms with Crippen LogP contribution in [0, 0.1) is 5.92 Å². The molecule has 0 aromatic heterocycles. The van der Waals surface area contributed by atoms with Crippen molar-refractivity contribution in [3.05, 3.63) is 29.3 Å². The number of benzene rings is 1. The summed E-state index contributed by atoms with van der Waals surface area (Å²) in [6.07, 6.45) is 1.86. The van der Waals surface area contributed by atoms with Gasteiger partial charge in [0.1, 0.15) is 5.75 Å². The maximum Gasteiger partial charge on any atom is 0.122 e. The van der Waals surface area contributed by atoms with E-state index in [0.29, 0.717) is 5.92 Å². The Morgan fingerprint density at radius 1 is 1.28 bits per heavy atom. The SMILES string of the molecule is CCC(CO)Cc1cc(C(C)(C)C)ccc1OC. The molecule has 1 N–H and O–H groups in total. The number of methoxy groups -OCH3 is 1. The molecule has 0 aliphatic rings. The van der Waals surface area contributed by atoms with Crippen LogP contribution in [0.4, 0.5) is 0 Å². The predicted molar refractivity (Wildman–Crippen MR) is 76.3 cm³/mol. The van der Waals surface area contributed by atoms with Gasteiger partial charge in [-0.3, -0.25) is 0 Å². The van der Waals surface area contributed by atoms with E-state index in [0.717, 1.165) is 18.6 Å². The standard InChI is InChI=1S/C16H26O2/c1-6-12(11-17)9-13-10-14(16(2,3)4)7-8-15(13)18-5/h7-8,10,12,17H,6,9,11H2,1-5H3. The number of ether oxygens (including phenoxy) is 1. The summed E-state index contributed by atoms with van der Waals surface area (Å²) < 4.78 is 5.42. The molecule has 1 rings (SSSR count). The van der Waals surface area contributed by atoms with Crippen LogP contribution in [0.2, 0.25) is 0 Å². The highest BCUT2D eigenvalue weighted by molar-refractivity contribution is 5.40. The Labute approximate surface area is 111 Å². The smallest absolute Gasteiger partial charge is 0.122 e. The van der Waals surface area contributed by atoms with E-state index in [1.54, 1.807) is 7.11 Å². The summed E-state index contributed by atoms with van der Waals surface area (Å²) in [4.78, 5) is 0. The highest BCUT2D eigenvalue weighted by atomic mass is 16.5. The fraction of sp³-hybridized carbons (Fsp3) is 0.625. The Kier molecular flexibility index (Phi) is 5.21. The van der Waals surface area contributed by atoms with Gasteiger partial charge in [-0.2, -0.15) is 0 Å². The molecular weight excluding hydrogens is 224 g/mol. The Hall–Kier alpha value is -1.02. The minimum Gasteiger partial charge on any atom is -0.496 e. The Morgan fingerprint density at radius 3 is 2.39 bits per heavy atom. The maximum absolute atomic E-state index is 9.34. The molecule has 18 heavy (non-hydrogen) atoms. The van der Waals surface area contributed by atoms with E-state index in [2.05, 4.69) is 39.8 Å². The molecule has 0 saturated heterocycles. The van der Waals surface area contributed by atoms with Gasteiger partial charge in [-0.15, -0.1) is 0 Å². The second-order valence-corrected chi connectivity index (χ2v) is 5.94. The number of aliphatic hydroxyl groups is 1. The van der Waals surface area contributed by atoms with Crippen LogP contribution in [-0.4, -0.2) is 18.8 Å². The van der Waals surface area contributed by atoms with Crippen molar-refractivity contribution >= 4 is 0 Å². The van der Waals surface area contributed by atoms with E-state index in [9.17, 15) is 5.11 Å². The molecule has 1 aromatic rings. The summed E-state index contributed by atoms with van der Waals surface area (Å²) in [6, 6.07) is 6.39. The van der Waals surface area contributed by atoms with Crippen LogP contribution < -0.4 is 4.74 Å². The molecule has 1 aromatic carbocycles. The van der Waals surface area contributed by atoms with E-state index in [-0.39, 0.29) is 12.0 Å². The van der Waals surface area contributed by atoms with Crippen LogP contribution in [0.25, 0.3) is 0 Å². The van der Waals surface area contributed by atoms with E-state index < -0.39 is 0 Å². The van der Waals surface area contributed by atoms with Crippen molar-refractivity contribution in [2.45, 2.75) is 46.0 Å². The molecule has 0 spiro atoms. The molecule has 0 fully saturated rings. The molecular formula is C16H26O2. The van der Waals surface area contributed by atoms with Crippen LogP contribution in [0.15, 0.2) is 18.2 Å². The first kappa shape index (κ1) is 15.0. The van der Waals surface area contributed by atoms with Crippen LogP contribution in [0.5, 0.6) is 5.75 Å². The number of hydrogen-bond acceptors (Lipinski definition) is 2. The van der Waals surface area contributed by atoms with Crippen molar-refractivity contribution in [3.63, 3.8) is 0 Å². The first-order valence-electron chi connectivity index (χ1n) is 6.70. The Bertz CT molecular complexity index is 373. The Balaban J connectivity index is 3.06. The zero-order valence-electron chi connectivity index (χ0n) is 12.3. The van der Waals surface area contributed by atoms with Gasteiger partial charge in [-0.05, 0) is 34.9 Å². The molecule has 1 atom stereocenters. The molecule has 2 nitrogen and oxygen atoms in total. The summed E-state index contributed by atoms with van der Waals surface area (Å²) in [5.41, 5.74) is 2.65. The average molecular weight is 250 g/mol. The Morgan fingerprint density at radius 2 is 1.94 bits per heavy atom. The van der Waals surface area contributed by atoms with E-state index in [1.807, 2.05) is 6.07 Å². The highest BCUT2D eigenvalue weighted by Crippen LogP contribution is 2.29. The fourth-order valence-electron chi connectivity index (χ4n) is 2.05. The molecule has 0 aliphatic heterocycles. The zero-order valence-corrected chi connectivity index (χ0v) is 12.3. The van der Waals surface area contributed by atoms with Crippen LogP contribution in [0.3, 0.4) is 0 Å². The van der Waals surface area contributed by atoms with Crippen molar-refractivity contribution in [1.29, 1.82) is 0 Å². The number of rotatable bonds is 5. The summed E-state index contributed by atoms with van der Waals surface area (Å²) in [5.74, 6) is 1.24. The molecule has 0 bridgehead atoms. The number of aliphatic hydroxyl groups excluding tert-OH is 1. The lowest BCUT2D eigenvalue weighted by Gasteiger charge is -2.22. The molecule has 0 heterocycles. The van der Waals surface area contributed by atoms with E-state index >= 15 is 0 Å². The molecule has 102 valence electrons. The van der Waals surface area contributed by atoms with Crippen molar-refractivity contribution in [1.82, 2.24) is 0 Å². The first-order chi connectivity index (χ1) is 8.42. The molecule has 0 amide bonds. The van der Waals surface area contributed by atoms with Crippen molar-refractivity contribution < 1.29 is 9.84 Å². The van der Waals surface area contributed by atoms with Gasteiger partial charge in [0.05, 0.1) is 7.11 Å². The lowest BCUT2D eigenvalue weighted by molar-refractivity contribution is 0.221. The second kappa shape index (κ2) is 6.24. The lowest BCUT2D eigenvalue weighted by atomic mass is 9.84. The third kappa shape index (κ3) is 3.74. The van der Waals surface area contributed by atoms with Gasteiger partial charge < -0.3 is 9.84 Å². The highest BCUT2D eigenvalue weighted by Gasteiger charge is 2.17. The minimum absolute atomic E-state index is 0.141. The fourth-order valence-corrected chi connectivity index (χ4v) is 2.05. The zero-order chi connectivity index (χ0) is 13.8. The van der Waals surface area contributed by atoms with E-state index in [1.165, 1.54) is 11.1 Å². The quantitative estimate of drug-likeness (QED) is 0.866. The van der Waals surface area contributed by atoms with E-state index in [4.69, 9.17) is 4.74 Å². The second-order valence-electron chi connectivity index (χ2n) is 5.94. The third-order valence-electron chi connectivity index (χ3n) is 3.49. The summed E-state index contributed by atoms with van der Waals surface area (Å²) in [6.45, 7) is 8.98. The predicted octanol–water partition coefficient (Wildman–Crippen LogP) is 3.55. The van der Waals surface area contributed by atoms with Gasteiger partial charge in [-0.25, -0.2) is 0 Å². The topological polar surface area (TPSA) is 29.5 Å². The van der Waals surface area contributed by atoms with Gasteiger partial charge in [0.15, 0.2) is 0 Å². The molecule has 2 heteroatoms. The lowest BCUT2D eigenvalue weighted by Crippen LogP contribution is -2.14. The average Bonchev–Trinajstić information content (AvgIpc) is 2.34. The molecule has 0 saturated carbocycles. The minimum atomic E-state index is 0.141. The number of hydrogen-bond donors (Lipinski definition) is 1. The van der Waals surface area contributed by atoms with Crippen LogP contribution >= 0.6 is 0 Å². The van der Waals surface area contributed by atoms with Crippen molar-refractivity contribution in [3.8, 4) is 5.75 Å². The van der Waals surface area contributed by atoms with Crippen molar-refractivity contribution in [2.24, 2.45) is 5.92 Å².